The Bertz CT molecular complexity index is 1220. The summed E-state index contributed by atoms with van der Waals surface area (Å²) in [6.07, 6.45) is 2.43. The van der Waals surface area contributed by atoms with E-state index in [9.17, 15) is 19.5 Å². The van der Waals surface area contributed by atoms with Crippen LogP contribution in [0.1, 0.15) is 31.4 Å². The number of rotatable bonds is 7. The van der Waals surface area contributed by atoms with Crippen molar-refractivity contribution < 1.29 is 19.5 Å². The van der Waals surface area contributed by atoms with E-state index >= 15 is 0 Å². The number of amides is 3. The van der Waals surface area contributed by atoms with Gasteiger partial charge in [-0.15, -0.1) is 0 Å². The van der Waals surface area contributed by atoms with Crippen molar-refractivity contribution in [3.05, 3.63) is 53.4 Å². The molecular formula is C23H26ClN7O4. The maximum atomic E-state index is 13.5. The lowest BCUT2D eigenvalue weighted by atomic mass is 9.85. The van der Waals surface area contributed by atoms with Crippen molar-refractivity contribution in [2.24, 2.45) is 0 Å². The van der Waals surface area contributed by atoms with Gasteiger partial charge in [-0.05, 0) is 36.6 Å². The van der Waals surface area contributed by atoms with Crippen LogP contribution in [-0.2, 0) is 9.59 Å². The molecule has 1 unspecified atom stereocenters. The lowest BCUT2D eigenvalue weighted by Gasteiger charge is -2.41. The number of nitrogens with one attached hydrogen (secondary N) is 4. The van der Waals surface area contributed by atoms with Gasteiger partial charge < -0.3 is 30.9 Å². The van der Waals surface area contributed by atoms with Crippen molar-refractivity contribution in [2.75, 3.05) is 24.5 Å². The van der Waals surface area contributed by atoms with Crippen molar-refractivity contribution in [3.8, 4) is 0 Å². The number of carboxylic acid groups (broad SMARTS) is 1. The highest BCUT2D eigenvalue weighted by Gasteiger charge is 2.44. The van der Waals surface area contributed by atoms with Gasteiger partial charge in [-0.25, -0.2) is 14.8 Å². The summed E-state index contributed by atoms with van der Waals surface area (Å²) < 4.78 is 0. The van der Waals surface area contributed by atoms with E-state index < -0.39 is 23.6 Å². The second kappa shape index (κ2) is 10.2. The second-order valence-electron chi connectivity index (χ2n) is 8.45. The Morgan fingerprint density at radius 3 is 2.54 bits per heavy atom. The van der Waals surface area contributed by atoms with Gasteiger partial charge in [-0.3, -0.25) is 9.59 Å². The molecule has 0 bridgehead atoms. The van der Waals surface area contributed by atoms with E-state index in [1.807, 2.05) is 11.0 Å². The number of hydrogen-bond acceptors (Lipinski definition) is 6. The Morgan fingerprint density at radius 2 is 1.89 bits per heavy atom. The molecule has 1 aromatic carbocycles. The number of aromatic amines is 1. The minimum absolute atomic E-state index is 0.143. The van der Waals surface area contributed by atoms with Crippen LogP contribution in [0.5, 0.6) is 0 Å². The molecule has 1 fully saturated rings. The summed E-state index contributed by atoms with van der Waals surface area (Å²) in [5.41, 5.74) is 0.0975. The molecule has 3 amide bonds. The summed E-state index contributed by atoms with van der Waals surface area (Å²) in [4.78, 5) is 50.4. The summed E-state index contributed by atoms with van der Waals surface area (Å²) in [5, 5.41) is 19.0. The van der Waals surface area contributed by atoms with Crippen LogP contribution in [-0.4, -0.2) is 63.1 Å². The van der Waals surface area contributed by atoms with Crippen molar-refractivity contribution in [2.45, 2.75) is 31.3 Å². The van der Waals surface area contributed by atoms with Gasteiger partial charge in [0.25, 0.3) is 0 Å². The second-order valence-corrected chi connectivity index (χ2v) is 8.89. The fourth-order valence-corrected chi connectivity index (χ4v) is 4.44. The van der Waals surface area contributed by atoms with E-state index in [-0.39, 0.29) is 25.3 Å². The standard InChI is InChI=1S/C23H26ClN7O4/c1-14(32)26-12-18(15-2-4-16(24)5-3-15)29-21(33)23(30-22(34)35)7-10-31(11-8-23)20-17-6-9-25-19(17)27-13-28-20/h2-6,9,13,18,30H,7-8,10-12H2,1H3,(H,26,32)(H,29,33)(H,34,35)(H,25,27,28). The van der Waals surface area contributed by atoms with Gasteiger partial charge in [0.05, 0.1) is 11.4 Å². The average molecular weight is 500 g/mol. The Balaban J connectivity index is 1.54. The molecule has 1 aliphatic heterocycles. The van der Waals surface area contributed by atoms with Crippen LogP contribution in [0.25, 0.3) is 11.0 Å². The van der Waals surface area contributed by atoms with Gasteiger partial charge in [-0.1, -0.05) is 23.7 Å². The number of H-pyrrole nitrogens is 1. The summed E-state index contributed by atoms with van der Waals surface area (Å²) in [5.74, 6) is 0.0235. The minimum Gasteiger partial charge on any atom is -0.465 e. The quantitative estimate of drug-likeness (QED) is 0.334. The molecule has 3 aromatic rings. The fourth-order valence-electron chi connectivity index (χ4n) is 4.31. The molecule has 1 aliphatic rings. The molecular weight excluding hydrogens is 474 g/mol. The highest BCUT2D eigenvalue weighted by Crippen LogP contribution is 2.30. The van der Waals surface area contributed by atoms with Crippen LogP contribution in [0.2, 0.25) is 5.02 Å². The van der Waals surface area contributed by atoms with Gasteiger partial charge in [0.2, 0.25) is 11.8 Å². The first-order valence-electron chi connectivity index (χ1n) is 11.1. The van der Waals surface area contributed by atoms with Crippen LogP contribution in [0.4, 0.5) is 10.6 Å². The third-order valence-corrected chi connectivity index (χ3v) is 6.42. The summed E-state index contributed by atoms with van der Waals surface area (Å²) in [6, 6.07) is 8.20. The molecule has 1 saturated heterocycles. The lowest BCUT2D eigenvalue weighted by Crippen LogP contribution is -2.64. The molecule has 0 radical (unpaired) electrons. The number of benzene rings is 1. The third-order valence-electron chi connectivity index (χ3n) is 6.16. The fraction of sp³-hybridized carbons (Fsp3) is 0.348. The Morgan fingerprint density at radius 1 is 1.17 bits per heavy atom. The summed E-state index contributed by atoms with van der Waals surface area (Å²) >= 11 is 6.00. The van der Waals surface area contributed by atoms with E-state index in [0.29, 0.717) is 23.8 Å². The van der Waals surface area contributed by atoms with E-state index in [1.165, 1.54) is 13.3 Å². The number of aromatic nitrogens is 3. The van der Waals surface area contributed by atoms with Gasteiger partial charge in [0.15, 0.2) is 0 Å². The molecule has 0 saturated carbocycles. The number of anilines is 1. The molecule has 1 atom stereocenters. The topological polar surface area (TPSA) is 152 Å². The highest BCUT2D eigenvalue weighted by atomic mass is 35.5. The van der Waals surface area contributed by atoms with Crippen LogP contribution in [0.15, 0.2) is 42.9 Å². The monoisotopic (exact) mass is 499 g/mol. The Labute approximate surface area is 206 Å². The maximum absolute atomic E-state index is 13.5. The number of halogens is 1. The zero-order valence-electron chi connectivity index (χ0n) is 19.0. The van der Waals surface area contributed by atoms with E-state index in [2.05, 4.69) is 30.9 Å². The molecule has 2 aromatic heterocycles. The third kappa shape index (κ3) is 5.46. The van der Waals surface area contributed by atoms with Crippen LogP contribution in [0.3, 0.4) is 0 Å². The first-order chi connectivity index (χ1) is 16.8. The zero-order valence-corrected chi connectivity index (χ0v) is 19.8. The predicted molar refractivity (Wildman–Crippen MR) is 130 cm³/mol. The smallest absolute Gasteiger partial charge is 0.405 e. The first-order valence-corrected chi connectivity index (χ1v) is 11.5. The van der Waals surface area contributed by atoms with Gasteiger partial charge in [0, 0.05) is 37.8 Å². The molecule has 3 heterocycles. The molecule has 4 rings (SSSR count). The SMILES string of the molecule is CC(=O)NCC(NC(=O)C1(NC(=O)O)CCN(c2ncnc3[nH]ccc23)CC1)c1ccc(Cl)cc1. The molecule has 0 aliphatic carbocycles. The number of hydrogen-bond donors (Lipinski definition) is 5. The summed E-state index contributed by atoms with van der Waals surface area (Å²) in [7, 11) is 0. The number of fused-ring (bicyclic) bond motifs is 1. The maximum Gasteiger partial charge on any atom is 0.405 e. The van der Waals surface area contributed by atoms with Crippen LogP contribution in [0, 0.1) is 0 Å². The molecule has 5 N–H and O–H groups in total. The predicted octanol–water partition coefficient (Wildman–Crippen LogP) is 2.21. The normalized spacial score (nSPS) is 15.9. The van der Waals surface area contributed by atoms with E-state index in [1.54, 1.807) is 30.5 Å². The average Bonchev–Trinajstić information content (AvgIpc) is 3.31. The van der Waals surface area contributed by atoms with Crippen LogP contribution < -0.4 is 20.9 Å². The van der Waals surface area contributed by atoms with Crippen molar-refractivity contribution in [3.63, 3.8) is 0 Å². The molecule has 0 spiro atoms. The number of nitrogens with zero attached hydrogens (tertiary/aromatic N) is 3. The minimum atomic E-state index is -1.34. The van der Waals surface area contributed by atoms with Gasteiger partial charge >= 0.3 is 6.09 Å². The van der Waals surface area contributed by atoms with Crippen molar-refractivity contribution in [1.82, 2.24) is 30.9 Å². The van der Waals surface area contributed by atoms with E-state index in [0.717, 1.165) is 16.8 Å². The first kappa shape index (κ1) is 24.3. The number of carbonyl (C=O) groups excluding carboxylic acids is 2. The van der Waals surface area contributed by atoms with Crippen LogP contribution >= 0.6 is 11.6 Å². The van der Waals surface area contributed by atoms with Gasteiger partial charge in [-0.2, -0.15) is 0 Å². The van der Waals surface area contributed by atoms with Crippen molar-refractivity contribution in [1.29, 1.82) is 0 Å². The van der Waals surface area contributed by atoms with Crippen molar-refractivity contribution >= 4 is 46.4 Å². The number of carbonyl (C=O) groups is 3. The zero-order chi connectivity index (χ0) is 25.0. The highest BCUT2D eigenvalue weighted by molar-refractivity contribution is 6.30. The summed E-state index contributed by atoms with van der Waals surface area (Å²) in [6.45, 7) is 2.34. The number of piperidine rings is 1. The lowest BCUT2D eigenvalue weighted by molar-refractivity contribution is -0.129. The molecule has 12 heteroatoms. The van der Waals surface area contributed by atoms with Gasteiger partial charge in [0.1, 0.15) is 23.3 Å². The van der Waals surface area contributed by atoms with E-state index in [4.69, 9.17) is 11.6 Å². The Kier molecular flexibility index (Phi) is 7.06. The Hall–Kier alpha value is -3.86. The largest absolute Gasteiger partial charge is 0.465 e. The molecule has 11 nitrogen and oxygen atoms in total. The molecule has 35 heavy (non-hydrogen) atoms. The molecule has 184 valence electrons.